The number of esters is 1. The van der Waals surface area contributed by atoms with Crippen LogP contribution in [0.5, 0.6) is 17.2 Å². The highest BCUT2D eigenvalue weighted by Gasteiger charge is 2.36. The molecular weight excluding hydrogens is 478 g/mol. The second-order valence-electron chi connectivity index (χ2n) is 8.13. The summed E-state index contributed by atoms with van der Waals surface area (Å²) in [6.45, 7) is -0.468. The third kappa shape index (κ3) is 6.43. The largest absolute Gasteiger partial charge is 0.493 e. The van der Waals surface area contributed by atoms with E-state index in [1.54, 1.807) is 73.8 Å². The zero-order chi connectivity index (χ0) is 26.2. The minimum absolute atomic E-state index is 0.0370. The molecule has 2 N–H and O–H groups in total. The Morgan fingerprint density at radius 2 is 1.57 bits per heavy atom. The number of amides is 3. The number of para-hydroxylation sites is 2. The van der Waals surface area contributed by atoms with E-state index in [1.807, 2.05) is 12.1 Å². The summed E-state index contributed by atoms with van der Waals surface area (Å²) in [5, 5.41) is 0. The Balaban J connectivity index is 1.25. The number of ether oxygens (including phenoxy) is 3. The van der Waals surface area contributed by atoms with Crippen molar-refractivity contribution in [3.05, 3.63) is 84.4 Å². The molecule has 3 amide bonds. The summed E-state index contributed by atoms with van der Waals surface area (Å²) >= 11 is 0. The van der Waals surface area contributed by atoms with Crippen molar-refractivity contribution in [2.24, 2.45) is 5.92 Å². The second-order valence-corrected chi connectivity index (χ2v) is 8.13. The van der Waals surface area contributed by atoms with Gasteiger partial charge in [0.05, 0.1) is 13.0 Å². The number of carbonyl (C=O) groups is 4. The first-order chi connectivity index (χ1) is 17.9. The van der Waals surface area contributed by atoms with E-state index in [1.165, 1.54) is 4.90 Å². The van der Waals surface area contributed by atoms with Crippen LogP contribution in [0.25, 0.3) is 0 Å². The highest BCUT2D eigenvalue weighted by molar-refractivity contribution is 6.00. The van der Waals surface area contributed by atoms with Crippen molar-refractivity contribution in [2.45, 2.75) is 6.42 Å². The van der Waals surface area contributed by atoms with Crippen LogP contribution in [0.2, 0.25) is 0 Å². The topological polar surface area (TPSA) is 123 Å². The van der Waals surface area contributed by atoms with Crippen LogP contribution in [0.3, 0.4) is 0 Å². The zero-order valence-corrected chi connectivity index (χ0v) is 20.0. The molecule has 3 aromatic rings. The summed E-state index contributed by atoms with van der Waals surface area (Å²) < 4.78 is 16.2. The molecule has 0 saturated carbocycles. The van der Waals surface area contributed by atoms with Crippen LogP contribution in [-0.2, 0) is 19.1 Å². The van der Waals surface area contributed by atoms with Crippen molar-refractivity contribution >= 4 is 29.4 Å². The predicted octanol–water partition coefficient (Wildman–Crippen LogP) is 2.84. The molecular formula is C27H25N3O7. The van der Waals surface area contributed by atoms with E-state index in [4.69, 9.17) is 14.2 Å². The quantitative estimate of drug-likeness (QED) is 0.358. The Kier molecular flexibility index (Phi) is 7.99. The molecule has 10 heteroatoms. The van der Waals surface area contributed by atoms with Gasteiger partial charge < -0.3 is 19.1 Å². The maximum Gasteiger partial charge on any atom is 0.311 e. The van der Waals surface area contributed by atoms with Gasteiger partial charge in [-0.3, -0.25) is 30.0 Å². The number of methoxy groups -OCH3 is 1. The van der Waals surface area contributed by atoms with Crippen molar-refractivity contribution in [2.75, 3.05) is 25.2 Å². The highest BCUT2D eigenvalue weighted by Crippen LogP contribution is 2.33. The Morgan fingerprint density at radius 3 is 2.27 bits per heavy atom. The lowest BCUT2D eigenvalue weighted by Gasteiger charge is -2.17. The number of hydrogen-bond donors (Lipinski definition) is 2. The molecule has 0 aliphatic carbocycles. The monoisotopic (exact) mass is 503 g/mol. The van der Waals surface area contributed by atoms with Gasteiger partial charge in [-0.05, 0) is 48.5 Å². The molecule has 0 bridgehead atoms. The SMILES string of the molecule is COc1ccccc1Oc1ccc(N2C[C@H](C(=O)OCC(=O)NNC(=O)c3ccccc3)CC2=O)cc1. The fourth-order valence-corrected chi connectivity index (χ4v) is 3.72. The molecule has 1 saturated heterocycles. The first-order valence-electron chi connectivity index (χ1n) is 11.5. The molecule has 1 atom stereocenters. The molecule has 10 nitrogen and oxygen atoms in total. The van der Waals surface area contributed by atoms with Gasteiger partial charge in [-0.1, -0.05) is 30.3 Å². The van der Waals surface area contributed by atoms with Crippen LogP contribution >= 0.6 is 0 Å². The van der Waals surface area contributed by atoms with Gasteiger partial charge in [0, 0.05) is 24.2 Å². The maximum atomic E-state index is 12.5. The summed E-state index contributed by atoms with van der Waals surface area (Å²) in [4.78, 5) is 50.4. The van der Waals surface area contributed by atoms with E-state index in [0.717, 1.165) is 0 Å². The van der Waals surface area contributed by atoms with E-state index in [-0.39, 0.29) is 18.9 Å². The van der Waals surface area contributed by atoms with Crippen molar-refractivity contribution in [3.63, 3.8) is 0 Å². The van der Waals surface area contributed by atoms with Crippen LogP contribution in [0.15, 0.2) is 78.9 Å². The van der Waals surface area contributed by atoms with Crippen LogP contribution < -0.4 is 25.2 Å². The summed E-state index contributed by atoms with van der Waals surface area (Å²) in [6.07, 6.45) is -0.0370. The third-order valence-electron chi connectivity index (χ3n) is 5.60. The highest BCUT2D eigenvalue weighted by atomic mass is 16.5. The first kappa shape index (κ1) is 25.2. The second kappa shape index (κ2) is 11.7. The van der Waals surface area contributed by atoms with Gasteiger partial charge in [-0.2, -0.15) is 0 Å². The van der Waals surface area contributed by atoms with Gasteiger partial charge in [-0.25, -0.2) is 0 Å². The molecule has 190 valence electrons. The molecule has 0 spiro atoms. The predicted molar refractivity (Wildman–Crippen MR) is 133 cm³/mol. The average Bonchev–Trinajstić information content (AvgIpc) is 3.33. The van der Waals surface area contributed by atoms with E-state index in [2.05, 4.69) is 10.9 Å². The standard InChI is InChI=1S/C27H25N3O7/c1-35-22-9-5-6-10-23(22)37-21-13-11-20(12-14-21)30-16-19(15-25(30)32)27(34)36-17-24(31)28-29-26(33)18-7-3-2-4-8-18/h2-14,19H,15-17H2,1H3,(H,28,31)(H,29,33)/t19-/m1/s1. The molecule has 0 radical (unpaired) electrons. The number of carbonyl (C=O) groups excluding carboxylic acids is 4. The van der Waals surface area contributed by atoms with E-state index in [9.17, 15) is 19.2 Å². The van der Waals surface area contributed by atoms with Crippen molar-refractivity contribution in [1.29, 1.82) is 0 Å². The number of nitrogens with one attached hydrogen (secondary N) is 2. The van der Waals surface area contributed by atoms with E-state index in [0.29, 0.717) is 28.5 Å². The molecule has 3 aromatic carbocycles. The van der Waals surface area contributed by atoms with Gasteiger partial charge in [0.25, 0.3) is 11.8 Å². The Bertz CT molecular complexity index is 1280. The molecule has 4 rings (SSSR count). The zero-order valence-electron chi connectivity index (χ0n) is 20.0. The number of hydrogen-bond acceptors (Lipinski definition) is 7. The summed E-state index contributed by atoms with van der Waals surface area (Å²) in [7, 11) is 1.56. The fourth-order valence-electron chi connectivity index (χ4n) is 3.72. The number of rotatable bonds is 8. The normalized spacial score (nSPS) is 14.6. The Morgan fingerprint density at radius 1 is 0.892 bits per heavy atom. The maximum absolute atomic E-state index is 12.5. The summed E-state index contributed by atoms with van der Waals surface area (Å²) in [5.41, 5.74) is 5.40. The number of nitrogens with zero attached hydrogens (tertiary/aromatic N) is 1. The molecule has 37 heavy (non-hydrogen) atoms. The molecule has 1 heterocycles. The van der Waals surface area contributed by atoms with Crippen molar-refractivity contribution in [3.8, 4) is 17.2 Å². The molecule has 1 aliphatic rings. The average molecular weight is 504 g/mol. The van der Waals surface area contributed by atoms with Gasteiger partial charge in [0.15, 0.2) is 18.1 Å². The Labute approximate surface area is 213 Å². The number of benzene rings is 3. The smallest absolute Gasteiger partial charge is 0.311 e. The van der Waals surface area contributed by atoms with E-state index < -0.39 is 30.3 Å². The van der Waals surface area contributed by atoms with Crippen molar-refractivity contribution < 1.29 is 33.4 Å². The summed E-state index contributed by atoms with van der Waals surface area (Å²) in [6, 6.07) is 22.4. The number of hydrazine groups is 1. The van der Waals surface area contributed by atoms with Crippen LogP contribution in [0.1, 0.15) is 16.8 Å². The molecule has 0 unspecified atom stereocenters. The molecule has 1 fully saturated rings. The third-order valence-corrected chi connectivity index (χ3v) is 5.60. The fraction of sp³-hybridized carbons (Fsp3) is 0.185. The molecule has 0 aromatic heterocycles. The van der Waals surface area contributed by atoms with Crippen LogP contribution in [0.4, 0.5) is 5.69 Å². The van der Waals surface area contributed by atoms with Crippen LogP contribution in [0, 0.1) is 5.92 Å². The van der Waals surface area contributed by atoms with Crippen molar-refractivity contribution in [1.82, 2.24) is 10.9 Å². The minimum atomic E-state index is -0.719. The first-order valence-corrected chi connectivity index (χ1v) is 11.5. The Hall–Kier alpha value is -4.86. The van der Waals surface area contributed by atoms with Gasteiger partial charge in [-0.15, -0.1) is 0 Å². The van der Waals surface area contributed by atoms with E-state index >= 15 is 0 Å². The van der Waals surface area contributed by atoms with Crippen LogP contribution in [-0.4, -0.2) is 44.0 Å². The summed E-state index contributed by atoms with van der Waals surface area (Å²) in [5.74, 6) is -1.13. The lowest BCUT2D eigenvalue weighted by atomic mass is 10.1. The lowest BCUT2D eigenvalue weighted by molar-refractivity contribution is -0.152. The van der Waals surface area contributed by atoms with Gasteiger partial charge in [0.1, 0.15) is 5.75 Å². The molecule has 1 aliphatic heterocycles. The lowest BCUT2D eigenvalue weighted by Crippen LogP contribution is -2.43. The minimum Gasteiger partial charge on any atom is -0.493 e. The van der Waals surface area contributed by atoms with Gasteiger partial charge >= 0.3 is 5.97 Å². The number of anilines is 1. The van der Waals surface area contributed by atoms with Gasteiger partial charge in [0.2, 0.25) is 5.91 Å².